The molecule has 156 valence electrons. The van der Waals surface area contributed by atoms with Gasteiger partial charge in [0.2, 0.25) is 5.91 Å². The van der Waals surface area contributed by atoms with Gasteiger partial charge < -0.3 is 10.4 Å². The quantitative estimate of drug-likeness (QED) is 0.694. The molecule has 0 saturated heterocycles. The maximum Gasteiger partial charge on any atom is 0.416 e. The van der Waals surface area contributed by atoms with Crippen LogP contribution in [0, 0.1) is 0 Å². The Balaban J connectivity index is 2.09. The summed E-state index contributed by atoms with van der Waals surface area (Å²) in [5, 5.41) is 11.4. The van der Waals surface area contributed by atoms with Crippen LogP contribution in [0.1, 0.15) is 22.3 Å². The molecule has 0 aliphatic heterocycles. The summed E-state index contributed by atoms with van der Waals surface area (Å²) < 4.78 is 76.5. The number of carboxylic acid groups (broad SMARTS) is 1. The minimum Gasteiger partial charge on any atom is -0.480 e. The predicted molar refractivity (Wildman–Crippen MR) is 89.9 cm³/mol. The van der Waals surface area contributed by atoms with Crippen LogP contribution >= 0.6 is 0 Å². The number of hydrogen-bond donors (Lipinski definition) is 2. The molecule has 0 bridgehead atoms. The van der Waals surface area contributed by atoms with Crippen molar-refractivity contribution in [3.8, 4) is 0 Å². The van der Waals surface area contributed by atoms with Crippen LogP contribution in [-0.4, -0.2) is 23.0 Å². The molecule has 0 heterocycles. The molecule has 0 unspecified atom stereocenters. The summed E-state index contributed by atoms with van der Waals surface area (Å²) in [6.45, 7) is 0. The van der Waals surface area contributed by atoms with Crippen LogP contribution in [0.15, 0.2) is 48.5 Å². The van der Waals surface area contributed by atoms with Gasteiger partial charge in [-0.25, -0.2) is 4.79 Å². The highest BCUT2D eigenvalue weighted by molar-refractivity contribution is 5.85. The Morgan fingerprint density at radius 3 is 1.83 bits per heavy atom. The van der Waals surface area contributed by atoms with Crippen molar-refractivity contribution in [2.45, 2.75) is 31.2 Å². The van der Waals surface area contributed by atoms with E-state index in [-0.39, 0.29) is 11.1 Å². The van der Waals surface area contributed by atoms with E-state index in [1.807, 2.05) is 0 Å². The largest absolute Gasteiger partial charge is 0.480 e. The molecule has 0 aliphatic carbocycles. The Morgan fingerprint density at radius 1 is 0.862 bits per heavy atom. The first-order chi connectivity index (χ1) is 13.4. The average molecular weight is 419 g/mol. The van der Waals surface area contributed by atoms with E-state index in [9.17, 15) is 41.0 Å². The van der Waals surface area contributed by atoms with E-state index in [1.165, 1.54) is 12.1 Å². The van der Waals surface area contributed by atoms with E-state index < -0.39 is 54.2 Å². The minimum atomic E-state index is -4.61. The SMILES string of the molecule is O=C(Cc1cccc(C(F)(F)F)c1)N[C@@H](Cc1cccc(C(F)(F)F)c1)C(=O)O. The zero-order chi connectivity index (χ0) is 21.8. The van der Waals surface area contributed by atoms with Gasteiger partial charge >= 0.3 is 18.3 Å². The van der Waals surface area contributed by atoms with Crippen molar-refractivity contribution < 1.29 is 41.0 Å². The van der Waals surface area contributed by atoms with Gasteiger partial charge in [-0.15, -0.1) is 0 Å². The fourth-order valence-electron chi connectivity index (χ4n) is 2.60. The summed E-state index contributed by atoms with van der Waals surface area (Å²) in [5.74, 6) is -2.36. The van der Waals surface area contributed by atoms with Crippen LogP contribution in [0.25, 0.3) is 0 Å². The number of nitrogens with one attached hydrogen (secondary N) is 1. The number of rotatable bonds is 6. The molecule has 29 heavy (non-hydrogen) atoms. The Morgan fingerprint density at radius 2 is 1.34 bits per heavy atom. The highest BCUT2D eigenvalue weighted by Gasteiger charge is 2.32. The fourth-order valence-corrected chi connectivity index (χ4v) is 2.60. The molecule has 1 atom stereocenters. The molecule has 4 nitrogen and oxygen atoms in total. The number of carboxylic acids is 1. The van der Waals surface area contributed by atoms with Gasteiger partial charge in [-0.1, -0.05) is 36.4 Å². The molecule has 0 aliphatic rings. The molecule has 0 fully saturated rings. The van der Waals surface area contributed by atoms with E-state index >= 15 is 0 Å². The normalized spacial score (nSPS) is 13.0. The molecule has 10 heteroatoms. The molecular weight excluding hydrogens is 404 g/mol. The van der Waals surface area contributed by atoms with Crippen LogP contribution < -0.4 is 5.32 Å². The van der Waals surface area contributed by atoms with Crippen molar-refractivity contribution >= 4 is 11.9 Å². The number of halogens is 6. The smallest absolute Gasteiger partial charge is 0.416 e. The minimum absolute atomic E-state index is 0.0144. The van der Waals surface area contributed by atoms with Gasteiger partial charge in [-0.05, 0) is 23.3 Å². The maximum atomic E-state index is 12.8. The van der Waals surface area contributed by atoms with Gasteiger partial charge in [0, 0.05) is 6.42 Å². The van der Waals surface area contributed by atoms with Crippen molar-refractivity contribution in [1.29, 1.82) is 0 Å². The molecule has 2 aromatic carbocycles. The van der Waals surface area contributed by atoms with Gasteiger partial charge in [0.05, 0.1) is 17.5 Å². The first-order valence-corrected chi connectivity index (χ1v) is 8.20. The van der Waals surface area contributed by atoms with Crippen LogP contribution in [0.2, 0.25) is 0 Å². The van der Waals surface area contributed by atoms with E-state index in [2.05, 4.69) is 5.32 Å². The van der Waals surface area contributed by atoms with E-state index in [1.54, 1.807) is 0 Å². The van der Waals surface area contributed by atoms with Crippen LogP contribution in [0.3, 0.4) is 0 Å². The van der Waals surface area contributed by atoms with Gasteiger partial charge in [0.1, 0.15) is 6.04 Å². The van der Waals surface area contributed by atoms with Crippen LogP contribution in [0.4, 0.5) is 26.3 Å². The second kappa shape index (κ2) is 8.54. The molecule has 1 amide bonds. The summed E-state index contributed by atoms with van der Waals surface area (Å²) in [4.78, 5) is 23.4. The zero-order valence-electron chi connectivity index (χ0n) is 14.6. The highest BCUT2D eigenvalue weighted by atomic mass is 19.4. The summed E-state index contributed by atoms with van der Waals surface area (Å²) in [6, 6.07) is 6.43. The zero-order valence-corrected chi connectivity index (χ0v) is 14.6. The van der Waals surface area contributed by atoms with Gasteiger partial charge in [0.25, 0.3) is 0 Å². The van der Waals surface area contributed by atoms with Gasteiger partial charge in [-0.3, -0.25) is 4.79 Å². The molecule has 2 rings (SSSR count). The second-order valence-corrected chi connectivity index (χ2v) is 6.24. The van der Waals surface area contributed by atoms with Gasteiger partial charge in [0.15, 0.2) is 0 Å². The number of alkyl halides is 6. The highest BCUT2D eigenvalue weighted by Crippen LogP contribution is 2.30. The first kappa shape index (κ1) is 22.3. The molecule has 0 aromatic heterocycles. The Hall–Kier alpha value is -3.04. The number of carbonyl (C=O) groups excluding carboxylic acids is 1. The van der Waals surface area contributed by atoms with Gasteiger partial charge in [-0.2, -0.15) is 26.3 Å². The third-order valence-electron chi connectivity index (χ3n) is 3.95. The summed E-state index contributed by atoms with van der Waals surface area (Å²) in [5.41, 5.74) is -1.87. The van der Waals surface area contributed by atoms with Crippen LogP contribution in [0.5, 0.6) is 0 Å². The number of benzene rings is 2. The van der Waals surface area contributed by atoms with Crippen LogP contribution in [-0.2, 0) is 34.8 Å². The lowest BCUT2D eigenvalue weighted by atomic mass is 10.0. The molecule has 0 radical (unpaired) electrons. The first-order valence-electron chi connectivity index (χ1n) is 8.20. The van der Waals surface area contributed by atoms with Crippen molar-refractivity contribution in [2.75, 3.05) is 0 Å². The van der Waals surface area contributed by atoms with Crippen molar-refractivity contribution in [1.82, 2.24) is 5.32 Å². The lowest BCUT2D eigenvalue weighted by molar-refractivity contribution is -0.141. The van der Waals surface area contributed by atoms with Crippen molar-refractivity contribution in [2.24, 2.45) is 0 Å². The Kier molecular flexibility index (Phi) is 6.55. The van der Waals surface area contributed by atoms with E-state index in [0.29, 0.717) is 0 Å². The molecule has 0 saturated carbocycles. The molecule has 2 N–H and O–H groups in total. The standard InChI is InChI=1S/C19H15F6NO3/c20-18(21,22)13-5-1-3-11(7-13)9-15(17(28)29)26-16(27)10-12-4-2-6-14(8-12)19(23,24)25/h1-8,15H,9-10H2,(H,26,27)(H,28,29)/t15-/m0/s1. The lowest BCUT2D eigenvalue weighted by Crippen LogP contribution is -2.43. The maximum absolute atomic E-state index is 12.8. The monoisotopic (exact) mass is 419 g/mol. The second-order valence-electron chi connectivity index (χ2n) is 6.24. The molecular formula is C19H15F6NO3. The summed E-state index contributed by atoms with van der Waals surface area (Å²) in [7, 11) is 0. The predicted octanol–water partition coefficient (Wildman–Crippen LogP) is 4.08. The number of amides is 1. The molecule has 0 spiro atoms. The topological polar surface area (TPSA) is 66.4 Å². The number of carbonyl (C=O) groups is 2. The lowest BCUT2D eigenvalue weighted by Gasteiger charge is -2.16. The fraction of sp³-hybridized carbons (Fsp3) is 0.263. The molecule has 2 aromatic rings. The summed E-state index contributed by atoms with van der Waals surface area (Å²) >= 11 is 0. The summed E-state index contributed by atoms with van der Waals surface area (Å²) in [6.07, 6.45) is -10.1. The van der Waals surface area contributed by atoms with E-state index in [0.717, 1.165) is 36.4 Å². The number of aliphatic carboxylic acids is 1. The van der Waals surface area contributed by atoms with E-state index in [4.69, 9.17) is 0 Å². The third-order valence-corrected chi connectivity index (χ3v) is 3.95. The van der Waals surface area contributed by atoms with Crippen molar-refractivity contribution in [3.63, 3.8) is 0 Å². The third kappa shape index (κ3) is 6.51. The number of hydrogen-bond acceptors (Lipinski definition) is 2. The average Bonchev–Trinajstić information content (AvgIpc) is 2.60. The Bertz CT molecular complexity index is 892. The Labute approximate surface area is 161 Å². The van der Waals surface area contributed by atoms with Crippen molar-refractivity contribution in [3.05, 3.63) is 70.8 Å².